The van der Waals surface area contributed by atoms with Gasteiger partial charge in [-0.25, -0.2) is 9.36 Å². The largest absolute Gasteiger partial charge is 0.389 e. The summed E-state index contributed by atoms with van der Waals surface area (Å²) in [6.07, 6.45) is -11.4. The number of nitrogens with zero attached hydrogens (tertiary/aromatic N) is 6. The second-order valence-electron chi connectivity index (χ2n) is 20.3. The lowest BCUT2D eigenvalue weighted by molar-refractivity contribution is -0.294. The predicted octanol–water partition coefficient (Wildman–Crippen LogP) is -7.22. The fourth-order valence-corrected chi connectivity index (χ4v) is 9.99. The molecule has 4 aliphatic rings. The van der Waals surface area contributed by atoms with Crippen molar-refractivity contribution < 1.29 is 68.6 Å². The Hall–Kier alpha value is -5.14. The van der Waals surface area contributed by atoms with E-state index >= 15 is 0 Å². The predicted molar refractivity (Wildman–Crippen MR) is 273 cm³/mol. The second-order valence-corrected chi connectivity index (χ2v) is 20.3. The van der Waals surface area contributed by atoms with E-state index in [2.05, 4.69) is 31.3 Å². The number of rotatable bonds is 21. The van der Waals surface area contributed by atoms with Crippen molar-refractivity contribution in [3.63, 3.8) is 0 Å². The standard InChI is InChI=1S/C48H74N16O14/c49-13-31-45(39(69)35(55)47(75-31)77-43-29(53)11-27(51)37(67)41(43)71)73-19-25-15-63(61-59-25)17-33(65)57-23-7-3-21(4-8-23)1-2-22-5-9-24(10-6-22)58-34(66)18-64-16-26(60-62-64)20-74-46-32(14-50)76-48(36(56)40(46)70)78-44-30(54)12-28(52)38(68)42(44)72/h3-10,15-16,27-32,35-48,67-72H,1-2,11-14,17-20,49-56H2,(H,57,65)(H,58,66)/t27-,28-,29+,30+,31-,32-,35-,36-,37+,38+,39-,40-,41-,42-,43-,44-,45-,46-,47-,48-/m1/s1. The van der Waals surface area contributed by atoms with Gasteiger partial charge in [-0.2, -0.15) is 0 Å². The highest BCUT2D eigenvalue weighted by atomic mass is 16.7. The van der Waals surface area contributed by atoms with Crippen LogP contribution in [0.3, 0.4) is 0 Å². The number of benzene rings is 2. The van der Waals surface area contributed by atoms with Crippen molar-refractivity contribution in [2.45, 2.75) is 174 Å². The minimum absolute atomic E-state index is 0.0804. The Bertz CT molecular complexity index is 2380. The molecule has 24 N–H and O–H groups in total. The van der Waals surface area contributed by atoms with E-state index in [4.69, 9.17) is 74.3 Å². The van der Waals surface area contributed by atoms with Crippen molar-refractivity contribution in [3.05, 3.63) is 83.4 Å². The number of anilines is 2. The van der Waals surface area contributed by atoms with Crippen LogP contribution in [0.1, 0.15) is 35.4 Å². The Morgan fingerprint density at radius 2 is 0.910 bits per heavy atom. The van der Waals surface area contributed by atoms with Crippen LogP contribution in [-0.4, -0.2) is 208 Å². The Kier molecular flexibility index (Phi) is 20.0. The molecule has 4 fully saturated rings. The SMILES string of the molecule is NC[C@H]1O[C@H](O[C@H]2[C@H](O)[C@@H](O)[C@H](N)C[C@@H]2N)[C@H](N)[C@@H](O)[C@@H]1OCc1cn(CC(=O)Nc2ccc(CCc3ccc(NC(=O)Cn4cc(CO[C@H]5[C@H](O)[C@@H](N)[C@@H](O[C@H]6[C@H](O)[C@@H](O)[C@H](N)C[C@@H]6N)O[C@@H]5CN)nn4)cc3)cc2)nn1. The lowest BCUT2D eigenvalue weighted by Gasteiger charge is -2.46. The molecule has 0 spiro atoms. The fraction of sp³-hybridized carbons (Fsp3) is 0.625. The molecule has 20 atom stereocenters. The number of aliphatic hydroxyl groups excluding tert-OH is 6. The molecule has 30 nitrogen and oxygen atoms in total. The lowest BCUT2D eigenvalue weighted by atomic mass is 9.84. The molecule has 0 bridgehead atoms. The van der Waals surface area contributed by atoms with E-state index < -0.39 is 122 Å². The average Bonchev–Trinajstić information content (AvgIpc) is 4.13. The maximum Gasteiger partial charge on any atom is 0.246 e. The zero-order valence-corrected chi connectivity index (χ0v) is 42.6. The average molecular weight is 1100 g/mol. The summed E-state index contributed by atoms with van der Waals surface area (Å²) in [6, 6.07) is 9.70. The van der Waals surface area contributed by atoms with E-state index in [0.717, 1.165) is 11.1 Å². The van der Waals surface area contributed by atoms with Crippen molar-refractivity contribution in [1.82, 2.24) is 30.0 Å². The molecule has 430 valence electrons. The second kappa shape index (κ2) is 26.4. The number of carbonyl (C=O) groups excluding carboxylic acids is 2. The number of hydrogen-bond donors (Lipinski definition) is 16. The van der Waals surface area contributed by atoms with Crippen LogP contribution in [-0.2, 0) is 77.2 Å². The molecule has 2 saturated carbocycles. The van der Waals surface area contributed by atoms with Crippen molar-refractivity contribution in [3.8, 4) is 0 Å². The van der Waals surface area contributed by atoms with Crippen LogP contribution in [0.2, 0.25) is 0 Å². The molecule has 2 aliphatic carbocycles. The van der Waals surface area contributed by atoms with Gasteiger partial charge in [0.1, 0.15) is 85.5 Å². The van der Waals surface area contributed by atoms with E-state index in [-0.39, 0.29) is 64.0 Å². The third kappa shape index (κ3) is 14.2. The number of aliphatic hydroxyl groups is 6. The number of nitrogens with two attached hydrogens (primary N) is 8. The molecule has 0 unspecified atom stereocenters. The third-order valence-corrected chi connectivity index (χ3v) is 14.5. The number of aryl methyl sites for hydroxylation is 2. The first kappa shape index (κ1) is 59.0. The highest BCUT2D eigenvalue weighted by Crippen LogP contribution is 2.31. The topological polar surface area (TPSA) is 505 Å². The molecular weight excluding hydrogens is 1020 g/mol. The summed E-state index contributed by atoms with van der Waals surface area (Å²) in [5.41, 5.74) is 52.4. The molecule has 2 aromatic carbocycles. The van der Waals surface area contributed by atoms with Crippen molar-refractivity contribution in [2.24, 2.45) is 45.9 Å². The van der Waals surface area contributed by atoms with Crippen molar-refractivity contribution in [1.29, 1.82) is 0 Å². The van der Waals surface area contributed by atoms with E-state index in [9.17, 15) is 40.2 Å². The molecule has 4 heterocycles. The number of aromatic nitrogens is 6. The number of amides is 2. The summed E-state index contributed by atoms with van der Waals surface area (Å²) in [6.45, 7) is -0.696. The molecule has 0 radical (unpaired) electrons. The summed E-state index contributed by atoms with van der Waals surface area (Å²) in [7, 11) is 0. The van der Waals surface area contributed by atoms with Crippen LogP contribution in [0.4, 0.5) is 11.4 Å². The fourth-order valence-electron chi connectivity index (χ4n) is 9.99. The van der Waals surface area contributed by atoms with Gasteiger partial charge in [-0.15, -0.1) is 10.2 Å². The Balaban J connectivity index is 0.722. The van der Waals surface area contributed by atoms with Gasteiger partial charge in [0.25, 0.3) is 0 Å². The van der Waals surface area contributed by atoms with Gasteiger partial charge in [0.15, 0.2) is 12.6 Å². The Labute approximate surface area is 447 Å². The van der Waals surface area contributed by atoms with Crippen LogP contribution in [0.25, 0.3) is 0 Å². The zero-order chi connectivity index (χ0) is 55.9. The summed E-state index contributed by atoms with van der Waals surface area (Å²) < 4.78 is 38.2. The molecule has 2 amide bonds. The number of hydrogen-bond acceptors (Lipinski definition) is 26. The summed E-state index contributed by atoms with van der Waals surface area (Å²) >= 11 is 0. The lowest BCUT2D eigenvalue weighted by Crippen LogP contribution is -2.67. The zero-order valence-electron chi connectivity index (χ0n) is 42.6. The van der Waals surface area contributed by atoms with Crippen LogP contribution in [0.5, 0.6) is 0 Å². The van der Waals surface area contributed by atoms with Gasteiger partial charge in [-0.3, -0.25) is 9.59 Å². The Morgan fingerprint density at radius 3 is 1.27 bits per heavy atom. The number of carbonyl (C=O) groups is 2. The van der Waals surface area contributed by atoms with Gasteiger partial charge in [0, 0.05) is 48.6 Å². The first-order valence-corrected chi connectivity index (χ1v) is 25.7. The summed E-state index contributed by atoms with van der Waals surface area (Å²) in [5, 5.41) is 85.7. The van der Waals surface area contributed by atoms with Crippen LogP contribution >= 0.6 is 0 Å². The minimum atomic E-state index is -1.40. The summed E-state index contributed by atoms with van der Waals surface area (Å²) in [5.74, 6) is -0.697. The first-order valence-electron chi connectivity index (χ1n) is 25.7. The van der Waals surface area contributed by atoms with Gasteiger partial charge in [-0.1, -0.05) is 34.7 Å². The normalized spacial score (nSPS) is 35.3. The minimum Gasteiger partial charge on any atom is -0.389 e. The highest BCUT2D eigenvalue weighted by Gasteiger charge is 2.50. The van der Waals surface area contributed by atoms with E-state index in [1.165, 1.54) is 21.8 Å². The molecule has 4 aromatic rings. The smallest absolute Gasteiger partial charge is 0.246 e. The van der Waals surface area contributed by atoms with Crippen molar-refractivity contribution >= 4 is 23.2 Å². The van der Waals surface area contributed by atoms with Gasteiger partial charge >= 0.3 is 0 Å². The highest BCUT2D eigenvalue weighted by molar-refractivity contribution is 5.91. The number of nitrogens with one attached hydrogen (secondary N) is 2. The van der Waals surface area contributed by atoms with E-state index in [1.807, 2.05) is 24.3 Å². The summed E-state index contributed by atoms with van der Waals surface area (Å²) in [4.78, 5) is 25.9. The number of ether oxygens (including phenoxy) is 6. The van der Waals surface area contributed by atoms with Crippen LogP contribution < -0.4 is 56.5 Å². The molecule has 30 heteroatoms. The van der Waals surface area contributed by atoms with Gasteiger partial charge in [0.05, 0.1) is 49.9 Å². The first-order chi connectivity index (χ1) is 37.3. The maximum absolute atomic E-state index is 12.9. The van der Waals surface area contributed by atoms with Gasteiger partial charge < -0.3 is 116 Å². The molecule has 2 aromatic heterocycles. The maximum atomic E-state index is 12.9. The molecule has 8 rings (SSSR count). The van der Waals surface area contributed by atoms with Gasteiger partial charge in [-0.05, 0) is 61.1 Å². The van der Waals surface area contributed by atoms with E-state index in [0.29, 0.717) is 35.6 Å². The Morgan fingerprint density at radius 1 is 0.538 bits per heavy atom. The van der Waals surface area contributed by atoms with Gasteiger partial charge in [0.2, 0.25) is 11.8 Å². The third-order valence-electron chi connectivity index (χ3n) is 14.5. The van der Waals surface area contributed by atoms with Crippen LogP contribution in [0, 0.1) is 0 Å². The van der Waals surface area contributed by atoms with Crippen molar-refractivity contribution in [2.75, 3.05) is 23.7 Å². The monoisotopic (exact) mass is 1100 g/mol. The quantitative estimate of drug-likeness (QED) is 0.0369. The molecular formula is C48H74N16O14. The molecule has 2 aliphatic heterocycles. The van der Waals surface area contributed by atoms with Crippen LogP contribution in [0.15, 0.2) is 60.9 Å². The van der Waals surface area contributed by atoms with E-state index in [1.54, 1.807) is 24.3 Å². The molecule has 2 saturated heterocycles. The molecule has 78 heavy (non-hydrogen) atoms.